The van der Waals surface area contributed by atoms with E-state index in [0.29, 0.717) is 19.0 Å². The average molecular weight is 294 g/mol. The Bertz CT molecular complexity index is 536. The zero-order valence-corrected chi connectivity index (χ0v) is 12.5. The van der Waals surface area contributed by atoms with Gasteiger partial charge in [0.25, 0.3) is 0 Å². The van der Waals surface area contributed by atoms with Crippen LogP contribution in [-0.4, -0.2) is 35.5 Å². The molecule has 2 aromatic rings. The highest BCUT2D eigenvalue weighted by molar-refractivity contribution is 7.13. The number of carbonyl (C=O) groups excluding carboxylic acids is 1. The maximum Gasteiger partial charge on any atom is 0.320 e. The molecule has 0 amide bonds. The van der Waals surface area contributed by atoms with Gasteiger partial charge < -0.3 is 9.15 Å². The lowest BCUT2D eigenvalue weighted by Crippen LogP contribution is -2.30. The van der Waals surface area contributed by atoms with Crippen molar-refractivity contribution in [2.45, 2.75) is 20.4 Å². The molecule has 2 aromatic heterocycles. The molecule has 5 nitrogen and oxygen atoms in total. The van der Waals surface area contributed by atoms with Gasteiger partial charge in [-0.05, 0) is 24.9 Å². The molecule has 0 saturated carbocycles. The lowest BCUT2D eigenvalue weighted by atomic mass is 10.4. The molecule has 6 heteroatoms. The van der Waals surface area contributed by atoms with Gasteiger partial charge in [-0.3, -0.25) is 9.69 Å². The zero-order chi connectivity index (χ0) is 14.4. The van der Waals surface area contributed by atoms with Gasteiger partial charge in [-0.25, -0.2) is 4.98 Å². The van der Waals surface area contributed by atoms with Gasteiger partial charge in [0.05, 0.1) is 23.7 Å². The Labute approximate surface area is 122 Å². The van der Waals surface area contributed by atoms with Crippen LogP contribution in [0.15, 0.2) is 28.2 Å². The molecule has 0 fully saturated rings. The molecule has 2 heterocycles. The largest absolute Gasteiger partial charge is 0.465 e. The SMILES string of the molecule is CCOC(=O)CN(CC)Cc1coc(-c2cccs2)n1. The molecule has 108 valence electrons. The summed E-state index contributed by atoms with van der Waals surface area (Å²) in [6.45, 7) is 5.80. The van der Waals surface area contributed by atoms with E-state index in [2.05, 4.69) is 4.98 Å². The van der Waals surface area contributed by atoms with Gasteiger partial charge in [-0.2, -0.15) is 0 Å². The molecule has 0 aromatic carbocycles. The van der Waals surface area contributed by atoms with E-state index >= 15 is 0 Å². The quantitative estimate of drug-likeness (QED) is 0.735. The van der Waals surface area contributed by atoms with E-state index in [1.807, 2.05) is 29.3 Å². The molecule has 2 rings (SSSR count). The van der Waals surface area contributed by atoms with Gasteiger partial charge >= 0.3 is 5.97 Å². The second-order valence-electron chi connectivity index (χ2n) is 4.23. The van der Waals surface area contributed by atoms with Crippen molar-refractivity contribution in [3.05, 3.63) is 29.5 Å². The average Bonchev–Trinajstić information content (AvgIpc) is 3.08. The van der Waals surface area contributed by atoms with E-state index < -0.39 is 0 Å². The molecule has 20 heavy (non-hydrogen) atoms. The van der Waals surface area contributed by atoms with Crippen LogP contribution in [0.25, 0.3) is 10.8 Å². The summed E-state index contributed by atoms with van der Waals surface area (Å²) in [7, 11) is 0. The van der Waals surface area contributed by atoms with E-state index in [4.69, 9.17) is 9.15 Å². The molecule has 0 saturated heterocycles. The zero-order valence-electron chi connectivity index (χ0n) is 11.7. The molecule has 0 N–H and O–H groups in total. The number of likely N-dealkylation sites (N-methyl/N-ethyl adjacent to an activating group) is 1. The third kappa shape index (κ3) is 3.91. The number of aromatic nitrogens is 1. The Balaban J connectivity index is 1.96. The summed E-state index contributed by atoms with van der Waals surface area (Å²) in [6, 6.07) is 3.93. The topological polar surface area (TPSA) is 55.6 Å². The van der Waals surface area contributed by atoms with E-state index in [1.165, 1.54) is 0 Å². The first-order valence-corrected chi connectivity index (χ1v) is 7.47. The van der Waals surface area contributed by atoms with Gasteiger partial charge in [0, 0.05) is 6.54 Å². The Hall–Kier alpha value is -1.66. The van der Waals surface area contributed by atoms with Crippen LogP contribution in [-0.2, 0) is 16.1 Å². The lowest BCUT2D eigenvalue weighted by molar-refractivity contribution is -0.144. The number of esters is 1. The van der Waals surface area contributed by atoms with Crippen LogP contribution >= 0.6 is 11.3 Å². The molecule has 0 atom stereocenters. The summed E-state index contributed by atoms with van der Waals surface area (Å²) < 4.78 is 10.4. The van der Waals surface area contributed by atoms with Gasteiger partial charge in [0.2, 0.25) is 5.89 Å². The van der Waals surface area contributed by atoms with Crippen LogP contribution in [0.5, 0.6) is 0 Å². The summed E-state index contributed by atoms with van der Waals surface area (Å²) in [4.78, 5) is 18.9. The first kappa shape index (κ1) is 14.7. The number of hydrogen-bond acceptors (Lipinski definition) is 6. The first-order valence-electron chi connectivity index (χ1n) is 6.59. The Morgan fingerprint density at radius 1 is 1.50 bits per heavy atom. The van der Waals surface area contributed by atoms with Gasteiger partial charge in [-0.15, -0.1) is 11.3 Å². The van der Waals surface area contributed by atoms with E-state index in [0.717, 1.165) is 17.1 Å². The number of oxazole rings is 1. The van der Waals surface area contributed by atoms with Crippen molar-refractivity contribution in [3.8, 4) is 10.8 Å². The lowest BCUT2D eigenvalue weighted by Gasteiger charge is -2.17. The van der Waals surface area contributed by atoms with Crippen LogP contribution < -0.4 is 0 Å². The summed E-state index contributed by atoms with van der Waals surface area (Å²) in [6.07, 6.45) is 1.64. The van der Waals surface area contributed by atoms with Crippen molar-refractivity contribution in [2.24, 2.45) is 0 Å². The van der Waals surface area contributed by atoms with Crippen molar-refractivity contribution in [1.82, 2.24) is 9.88 Å². The Morgan fingerprint density at radius 3 is 3.00 bits per heavy atom. The molecule has 0 bridgehead atoms. The van der Waals surface area contributed by atoms with Gasteiger partial charge in [0.15, 0.2) is 0 Å². The second-order valence-corrected chi connectivity index (χ2v) is 5.18. The highest BCUT2D eigenvalue weighted by atomic mass is 32.1. The number of hydrogen-bond donors (Lipinski definition) is 0. The van der Waals surface area contributed by atoms with Crippen molar-refractivity contribution >= 4 is 17.3 Å². The van der Waals surface area contributed by atoms with Crippen LogP contribution in [0.1, 0.15) is 19.5 Å². The minimum absolute atomic E-state index is 0.212. The molecule has 0 radical (unpaired) electrons. The summed E-state index contributed by atoms with van der Waals surface area (Å²) in [5.74, 6) is 0.415. The fourth-order valence-corrected chi connectivity index (χ4v) is 2.45. The van der Waals surface area contributed by atoms with E-state index in [-0.39, 0.29) is 12.5 Å². The van der Waals surface area contributed by atoms with E-state index in [1.54, 1.807) is 24.5 Å². The Morgan fingerprint density at radius 2 is 2.35 bits per heavy atom. The number of ether oxygens (including phenoxy) is 1. The first-order chi connectivity index (χ1) is 9.72. The smallest absolute Gasteiger partial charge is 0.320 e. The second kappa shape index (κ2) is 7.21. The molecule has 0 unspecified atom stereocenters. The maximum absolute atomic E-state index is 11.5. The molecule has 0 aliphatic heterocycles. The van der Waals surface area contributed by atoms with Crippen LogP contribution in [0.3, 0.4) is 0 Å². The summed E-state index contributed by atoms with van der Waals surface area (Å²) >= 11 is 1.59. The standard InChI is InChI=1S/C14H18N2O3S/c1-3-16(9-13(17)18-4-2)8-11-10-19-14(15-11)12-6-5-7-20-12/h5-7,10H,3-4,8-9H2,1-2H3. The Kier molecular flexibility index (Phi) is 5.31. The van der Waals surface area contributed by atoms with Crippen molar-refractivity contribution in [2.75, 3.05) is 19.7 Å². The number of thiophene rings is 1. The highest BCUT2D eigenvalue weighted by Gasteiger charge is 2.13. The van der Waals surface area contributed by atoms with E-state index in [9.17, 15) is 4.79 Å². The maximum atomic E-state index is 11.5. The monoisotopic (exact) mass is 294 g/mol. The van der Waals surface area contributed by atoms with Gasteiger partial charge in [0.1, 0.15) is 6.26 Å². The minimum atomic E-state index is -0.212. The van der Waals surface area contributed by atoms with Crippen molar-refractivity contribution in [1.29, 1.82) is 0 Å². The van der Waals surface area contributed by atoms with Crippen LogP contribution in [0.2, 0.25) is 0 Å². The predicted octanol–water partition coefficient (Wildman–Crippen LogP) is 2.79. The fourth-order valence-electron chi connectivity index (χ4n) is 1.79. The molecular formula is C14H18N2O3S. The fraction of sp³-hybridized carbons (Fsp3) is 0.429. The minimum Gasteiger partial charge on any atom is -0.465 e. The summed E-state index contributed by atoms with van der Waals surface area (Å²) in [5, 5.41) is 1.98. The number of rotatable bonds is 7. The van der Waals surface area contributed by atoms with Crippen molar-refractivity contribution < 1.29 is 13.9 Å². The van der Waals surface area contributed by atoms with Gasteiger partial charge in [-0.1, -0.05) is 13.0 Å². The predicted molar refractivity (Wildman–Crippen MR) is 77.4 cm³/mol. The molecule has 0 aliphatic rings. The highest BCUT2D eigenvalue weighted by Crippen LogP contribution is 2.23. The normalized spacial score (nSPS) is 10.9. The molecule has 0 aliphatic carbocycles. The van der Waals surface area contributed by atoms with Crippen molar-refractivity contribution in [3.63, 3.8) is 0 Å². The molecule has 0 spiro atoms. The number of carbonyl (C=O) groups is 1. The third-order valence-electron chi connectivity index (χ3n) is 2.77. The van der Waals surface area contributed by atoms with Crippen LogP contribution in [0.4, 0.5) is 0 Å². The summed E-state index contributed by atoms with van der Waals surface area (Å²) in [5.41, 5.74) is 0.819. The third-order valence-corrected chi connectivity index (χ3v) is 3.63. The number of nitrogens with zero attached hydrogens (tertiary/aromatic N) is 2. The molecular weight excluding hydrogens is 276 g/mol. The van der Waals surface area contributed by atoms with Crippen LogP contribution in [0, 0.1) is 0 Å².